The van der Waals surface area contributed by atoms with Crippen molar-refractivity contribution in [2.75, 3.05) is 0 Å². The molecule has 0 bridgehead atoms. The number of nitrogens with one attached hydrogen (secondary N) is 1. The van der Waals surface area contributed by atoms with Crippen LogP contribution in [0.25, 0.3) is 10.8 Å². The molecule has 3 aromatic rings. The number of rotatable bonds is 5. The Morgan fingerprint density at radius 2 is 1.95 bits per heavy atom. The second-order valence-corrected chi connectivity index (χ2v) is 5.64. The van der Waals surface area contributed by atoms with Gasteiger partial charge in [0, 0.05) is 6.42 Å². The highest BCUT2D eigenvalue weighted by Crippen LogP contribution is 2.31. The van der Waals surface area contributed by atoms with Crippen molar-refractivity contribution in [3.63, 3.8) is 0 Å². The van der Waals surface area contributed by atoms with Gasteiger partial charge < -0.3 is 4.74 Å². The van der Waals surface area contributed by atoms with Crippen LogP contribution in [-0.2, 0) is 13.0 Å². The second kappa shape index (κ2) is 5.20. The molecule has 0 atom stereocenters. The van der Waals surface area contributed by atoms with Crippen LogP contribution in [0.3, 0.4) is 0 Å². The lowest BCUT2D eigenvalue weighted by atomic mass is 10.1. The zero-order valence-electron chi connectivity index (χ0n) is 11.7. The van der Waals surface area contributed by atoms with E-state index in [1.165, 1.54) is 23.6 Å². The van der Waals surface area contributed by atoms with Crippen molar-refractivity contribution in [3.8, 4) is 5.75 Å². The van der Waals surface area contributed by atoms with E-state index < -0.39 is 0 Å². The van der Waals surface area contributed by atoms with E-state index in [1.807, 2.05) is 18.2 Å². The zero-order valence-corrected chi connectivity index (χ0v) is 11.7. The molecule has 1 N–H and O–H groups in total. The highest BCUT2D eigenvalue weighted by Gasteiger charge is 2.23. The van der Waals surface area contributed by atoms with Crippen LogP contribution in [0.15, 0.2) is 42.5 Å². The molecule has 0 aliphatic heterocycles. The van der Waals surface area contributed by atoms with Crippen LogP contribution in [0, 0.1) is 5.92 Å². The van der Waals surface area contributed by atoms with Crippen LogP contribution in [0.4, 0.5) is 0 Å². The van der Waals surface area contributed by atoms with Crippen molar-refractivity contribution < 1.29 is 4.74 Å². The smallest absolute Gasteiger partial charge is 0.162 e. The Balaban J connectivity index is 1.43. The van der Waals surface area contributed by atoms with E-state index in [9.17, 15) is 0 Å². The summed E-state index contributed by atoms with van der Waals surface area (Å²) < 4.78 is 5.80. The fourth-order valence-electron chi connectivity index (χ4n) is 2.48. The second-order valence-electron chi connectivity index (χ2n) is 5.64. The average Bonchev–Trinajstić information content (AvgIpc) is 3.22. The maximum Gasteiger partial charge on any atom is 0.162 e. The molecule has 4 nitrogen and oxygen atoms in total. The average molecular weight is 279 g/mol. The van der Waals surface area contributed by atoms with Gasteiger partial charge in [0.15, 0.2) is 11.6 Å². The molecule has 1 saturated carbocycles. The van der Waals surface area contributed by atoms with Crippen molar-refractivity contribution in [1.29, 1.82) is 0 Å². The first-order chi connectivity index (χ1) is 10.4. The number of benzene rings is 2. The number of aromatic amines is 1. The molecule has 1 heterocycles. The highest BCUT2D eigenvalue weighted by atomic mass is 16.5. The van der Waals surface area contributed by atoms with Crippen molar-refractivity contribution in [1.82, 2.24) is 15.2 Å². The minimum absolute atomic E-state index is 0.427. The summed E-state index contributed by atoms with van der Waals surface area (Å²) in [7, 11) is 0. The summed E-state index contributed by atoms with van der Waals surface area (Å²) in [4.78, 5) is 4.48. The van der Waals surface area contributed by atoms with Gasteiger partial charge in [-0.2, -0.15) is 5.10 Å². The third kappa shape index (κ3) is 2.89. The first-order valence-electron chi connectivity index (χ1n) is 7.38. The van der Waals surface area contributed by atoms with Crippen LogP contribution >= 0.6 is 0 Å². The largest absolute Gasteiger partial charge is 0.486 e. The molecule has 0 amide bonds. The third-order valence-corrected chi connectivity index (χ3v) is 3.84. The Labute approximate surface area is 123 Å². The van der Waals surface area contributed by atoms with Gasteiger partial charge in [0.05, 0.1) is 0 Å². The van der Waals surface area contributed by atoms with Gasteiger partial charge in [0.25, 0.3) is 0 Å². The third-order valence-electron chi connectivity index (χ3n) is 3.84. The van der Waals surface area contributed by atoms with Crippen LogP contribution < -0.4 is 4.74 Å². The van der Waals surface area contributed by atoms with Crippen LogP contribution in [0.2, 0.25) is 0 Å². The molecular formula is C17H17N3O. The first kappa shape index (κ1) is 12.4. The van der Waals surface area contributed by atoms with Crippen molar-refractivity contribution in [2.45, 2.75) is 25.9 Å². The molecule has 1 aliphatic rings. The molecule has 106 valence electrons. The van der Waals surface area contributed by atoms with Gasteiger partial charge in [0.2, 0.25) is 0 Å². The summed E-state index contributed by atoms with van der Waals surface area (Å²) in [5.41, 5.74) is 0. The van der Waals surface area contributed by atoms with Crippen molar-refractivity contribution in [2.24, 2.45) is 5.92 Å². The molecule has 0 spiro atoms. The Hall–Kier alpha value is -2.36. The lowest BCUT2D eigenvalue weighted by molar-refractivity contribution is 0.296. The molecule has 4 heteroatoms. The Kier molecular flexibility index (Phi) is 3.07. The molecule has 1 aliphatic carbocycles. The maximum atomic E-state index is 5.80. The van der Waals surface area contributed by atoms with Gasteiger partial charge in [-0.25, -0.2) is 4.98 Å². The number of hydrogen-bond acceptors (Lipinski definition) is 3. The Morgan fingerprint density at radius 3 is 2.81 bits per heavy atom. The minimum Gasteiger partial charge on any atom is -0.486 e. The predicted octanol–water partition coefficient (Wildman–Crippen LogP) is 3.49. The van der Waals surface area contributed by atoms with Crippen molar-refractivity contribution in [3.05, 3.63) is 54.1 Å². The fraction of sp³-hybridized carbons (Fsp3) is 0.294. The number of hydrogen-bond donors (Lipinski definition) is 1. The van der Waals surface area contributed by atoms with E-state index in [1.54, 1.807) is 0 Å². The number of nitrogens with zero attached hydrogens (tertiary/aromatic N) is 2. The topological polar surface area (TPSA) is 50.8 Å². The SMILES string of the molecule is c1ccc2cc(OCc3nc(CC4CC4)n[nH]3)ccc2c1. The van der Waals surface area contributed by atoms with E-state index in [-0.39, 0.29) is 0 Å². The van der Waals surface area contributed by atoms with E-state index >= 15 is 0 Å². The number of fused-ring (bicyclic) bond motifs is 1. The lowest BCUT2D eigenvalue weighted by Crippen LogP contribution is -1.98. The summed E-state index contributed by atoms with van der Waals surface area (Å²) in [5.74, 6) is 3.36. The summed E-state index contributed by atoms with van der Waals surface area (Å²) in [6, 6.07) is 14.4. The normalized spacial score (nSPS) is 14.5. The summed E-state index contributed by atoms with van der Waals surface area (Å²) in [5, 5.41) is 9.60. The van der Waals surface area contributed by atoms with Crippen LogP contribution in [0.1, 0.15) is 24.5 Å². The Morgan fingerprint density at radius 1 is 1.10 bits per heavy atom. The quantitative estimate of drug-likeness (QED) is 0.777. The van der Waals surface area contributed by atoms with E-state index in [2.05, 4.69) is 39.4 Å². The summed E-state index contributed by atoms with van der Waals surface area (Å²) >= 11 is 0. The number of ether oxygens (including phenoxy) is 1. The number of aromatic nitrogens is 3. The molecule has 0 unspecified atom stereocenters. The van der Waals surface area contributed by atoms with Gasteiger partial charge in [-0.15, -0.1) is 0 Å². The van der Waals surface area contributed by atoms with Crippen LogP contribution in [-0.4, -0.2) is 15.2 Å². The van der Waals surface area contributed by atoms with Gasteiger partial charge >= 0.3 is 0 Å². The van der Waals surface area contributed by atoms with E-state index in [4.69, 9.17) is 4.74 Å². The van der Waals surface area contributed by atoms with Gasteiger partial charge in [-0.3, -0.25) is 5.10 Å². The van der Waals surface area contributed by atoms with Gasteiger partial charge in [-0.05, 0) is 41.7 Å². The van der Waals surface area contributed by atoms with Crippen molar-refractivity contribution >= 4 is 10.8 Å². The molecule has 4 rings (SSSR count). The summed E-state index contributed by atoms with van der Waals surface area (Å²) in [6.45, 7) is 0.427. The standard InChI is InChI=1S/C17H17N3O/c1-2-4-14-10-15(8-7-13(14)3-1)21-11-17-18-16(19-20-17)9-12-5-6-12/h1-4,7-8,10,12H,5-6,9,11H2,(H,18,19,20). The molecule has 0 radical (unpaired) electrons. The van der Waals surface area contributed by atoms with E-state index in [0.717, 1.165) is 29.7 Å². The molecule has 2 aromatic carbocycles. The van der Waals surface area contributed by atoms with E-state index in [0.29, 0.717) is 6.61 Å². The first-order valence-corrected chi connectivity index (χ1v) is 7.38. The molecular weight excluding hydrogens is 262 g/mol. The number of H-pyrrole nitrogens is 1. The monoisotopic (exact) mass is 279 g/mol. The van der Waals surface area contributed by atoms with Crippen LogP contribution in [0.5, 0.6) is 5.75 Å². The minimum atomic E-state index is 0.427. The molecule has 1 fully saturated rings. The zero-order chi connectivity index (χ0) is 14.1. The predicted molar refractivity (Wildman–Crippen MR) is 81.1 cm³/mol. The molecule has 0 saturated heterocycles. The Bertz CT molecular complexity index is 761. The highest BCUT2D eigenvalue weighted by molar-refractivity contribution is 5.83. The van der Waals surface area contributed by atoms with Gasteiger partial charge in [-0.1, -0.05) is 30.3 Å². The van der Waals surface area contributed by atoms with Gasteiger partial charge in [0.1, 0.15) is 12.4 Å². The maximum absolute atomic E-state index is 5.80. The summed E-state index contributed by atoms with van der Waals surface area (Å²) in [6.07, 6.45) is 3.63. The molecule has 1 aromatic heterocycles. The molecule has 21 heavy (non-hydrogen) atoms. The lowest BCUT2D eigenvalue weighted by Gasteiger charge is -2.05. The fourth-order valence-corrected chi connectivity index (χ4v) is 2.48.